The van der Waals surface area contributed by atoms with Crippen LogP contribution in [0.1, 0.15) is 37.5 Å². The number of likely N-dealkylation sites (N-methyl/N-ethyl adjacent to an activating group) is 1. The summed E-state index contributed by atoms with van der Waals surface area (Å²) in [6.07, 6.45) is 6.62. The Bertz CT molecular complexity index is 342. The third-order valence-electron chi connectivity index (χ3n) is 4.67. The second-order valence-corrected chi connectivity index (χ2v) is 7.23. The highest BCUT2D eigenvalue weighted by Gasteiger charge is 2.22. The highest BCUT2D eigenvalue weighted by atomic mass is 32.1. The Morgan fingerprint density at radius 3 is 2.58 bits per heavy atom. The van der Waals surface area contributed by atoms with Crippen molar-refractivity contribution >= 4 is 11.3 Å². The quantitative estimate of drug-likeness (QED) is 0.865. The van der Waals surface area contributed by atoms with E-state index >= 15 is 0 Å². The summed E-state index contributed by atoms with van der Waals surface area (Å²) in [5.74, 6) is 1.68. The van der Waals surface area contributed by atoms with Crippen molar-refractivity contribution in [2.75, 3.05) is 20.1 Å². The molecule has 0 spiro atoms. The third-order valence-corrected chi connectivity index (χ3v) is 5.57. The summed E-state index contributed by atoms with van der Waals surface area (Å²) in [6.45, 7) is 4.49. The van der Waals surface area contributed by atoms with E-state index in [-0.39, 0.29) is 0 Å². The average molecular weight is 280 g/mol. The van der Waals surface area contributed by atoms with Crippen molar-refractivity contribution in [3.63, 3.8) is 0 Å². The predicted octanol–water partition coefficient (Wildman–Crippen LogP) is 3.38. The summed E-state index contributed by atoms with van der Waals surface area (Å²) < 4.78 is 0. The molecule has 1 aromatic heterocycles. The lowest BCUT2D eigenvalue weighted by atomic mass is 9.82. The van der Waals surface area contributed by atoms with E-state index in [9.17, 15) is 0 Å². The minimum Gasteiger partial charge on any atom is -0.330 e. The Labute approximate surface area is 122 Å². The monoisotopic (exact) mass is 280 g/mol. The maximum absolute atomic E-state index is 5.76. The van der Waals surface area contributed by atoms with Gasteiger partial charge in [-0.15, -0.1) is 11.3 Å². The maximum Gasteiger partial charge on any atom is 0.0112 e. The molecule has 0 amide bonds. The van der Waals surface area contributed by atoms with E-state index in [2.05, 4.69) is 36.4 Å². The summed E-state index contributed by atoms with van der Waals surface area (Å²) in [7, 11) is 2.29. The largest absolute Gasteiger partial charge is 0.330 e. The number of nitrogens with zero attached hydrogens (tertiary/aromatic N) is 1. The summed E-state index contributed by atoms with van der Waals surface area (Å²) in [4.78, 5) is 4.05. The lowest BCUT2D eigenvalue weighted by Crippen LogP contribution is -2.36. The van der Waals surface area contributed by atoms with Gasteiger partial charge in [0.1, 0.15) is 0 Å². The minimum atomic E-state index is 0.644. The first-order valence-corrected chi connectivity index (χ1v) is 8.49. The summed E-state index contributed by atoms with van der Waals surface area (Å²) >= 11 is 1.88. The highest BCUT2D eigenvalue weighted by molar-refractivity contribution is 7.09. The zero-order chi connectivity index (χ0) is 13.7. The van der Waals surface area contributed by atoms with Gasteiger partial charge < -0.3 is 10.6 Å². The Kier molecular flexibility index (Phi) is 5.86. The van der Waals surface area contributed by atoms with Gasteiger partial charge in [0, 0.05) is 17.5 Å². The molecule has 2 N–H and O–H groups in total. The molecule has 1 unspecified atom stereocenters. The van der Waals surface area contributed by atoms with E-state index in [1.807, 2.05) is 11.3 Å². The first-order valence-electron chi connectivity index (χ1n) is 7.61. The zero-order valence-electron chi connectivity index (χ0n) is 12.3. The van der Waals surface area contributed by atoms with Crippen LogP contribution in [0.25, 0.3) is 0 Å². The normalized spacial score (nSPS) is 25.7. The molecule has 1 fully saturated rings. The molecule has 0 radical (unpaired) electrons. The standard InChI is InChI=1S/C16H28N2S/c1-13(10-16-4-3-9-19-16)18(2)12-15-7-5-14(11-17)6-8-15/h3-4,9,13-15H,5-8,10-12,17H2,1-2H3. The van der Waals surface area contributed by atoms with Gasteiger partial charge in [0.25, 0.3) is 0 Å². The summed E-state index contributed by atoms with van der Waals surface area (Å²) in [5, 5.41) is 2.18. The number of hydrogen-bond donors (Lipinski definition) is 1. The summed E-state index contributed by atoms with van der Waals surface area (Å²) in [5.41, 5.74) is 5.76. The van der Waals surface area contributed by atoms with Crippen LogP contribution in [-0.4, -0.2) is 31.1 Å². The van der Waals surface area contributed by atoms with Crippen LogP contribution >= 0.6 is 11.3 Å². The minimum absolute atomic E-state index is 0.644. The molecule has 0 aromatic carbocycles. The average Bonchev–Trinajstić information content (AvgIpc) is 2.92. The van der Waals surface area contributed by atoms with Crippen LogP contribution in [-0.2, 0) is 6.42 Å². The van der Waals surface area contributed by atoms with Gasteiger partial charge in [-0.25, -0.2) is 0 Å². The van der Waals surface area contributed by atoms with Crippen LogP contribution < -0.4 is 5.73 Å². The Morgan fingerprint density at radius 1 is 1.32 bits per heavy atom. The fraction of sp³-hybridized carbons (Fsp3) is 0.750. The second kappa shape index (κ2) is 7.41. The number of hydrogen-bond acceptors (Lipinski definition) is 3. The highest BCUT2D eigenvalue weighted by Crippen LogP contribution is 2.29. The molecule has 1 saturated carbocycles. The zero-order valence-corrected chi connectivity index (χ0v) is 13.2. The summed E-state index contributed by atoms with van der Waals surface area (Å²) in [6, 6.07) is 5.05. The Hall–Kier alpha value is -0.380. The first-order chi connectivity index (χ1) is 9.19. The van der Waals surface area contributed by atoms with Crippen LogP contribution in [0.5, 0.6) is 0 Å². The molecule has 1 heterocycles. The SMILES string of the molecule is CC(Cc1cccs1)N(C)CC1CCC(CN)CC1. The molecule has 2 nitrogen and oxygen atoms in total. The van der Waals surface area contributed by atoms with E-state index in [1.165, 1.54) is 43.5 Å². The molecule has 0 bridgehead atoms. The van der Waals surface area contributed by atoms with Crippen LogP contribution in [0.15, 0.2) is 17.5 Å². The molecule has 0 aliphatic heterocycles. The van der Waals surface area contributed by atoms with Gasteiger partial charge in [-0.2, -0.15) is 0 Å². The molecular weight excluding hydrogens is 252 g/mol. The van der Waals surface area contributed by atoms with Gasteiger partial charge in [0.2, 0.25) is 0 Å². The predicted molar refractivity (Wildman–Crippen MR) is 84.6 cm³/mol. The maximum atomic E-state index is 5.76. The molecule has 19 heavy (non-hydrogen) atoms. The van der Waals surface area contributed by atoms with Crippen LogP contribution in [0.3, 0.4) is 0 Å². The molecule has 0 saturated heterocycles. The van der Waals surface area contributed by atoms with Crippen molar-refractivity contribution < 1.29 is 0 Å². The van der Waals surface area contributed by atoms with Crippen LogP contribution in [0.4, 0.5) is 0 Å². The van der Waals surface area contributed by atoms with Crippen molar-refractivity contribution in [1.29, 1.82) is 0 Å². The number of nitrogens with two attached hydrogens (primary N) is 1. The molecule has 1 aliphatic carbocycles. The Morgan fingerprint density at radius 2 is 2.00 bits per heavy atom. The van der Waals surface area contributed by atoms with Gasteiger partial charge in [0.15, 0.2) is 0 Å². The molecular formula is C16H28N2S. The number of rotatable bonds is 6. The van der Waals surface area contributed by atoms with Crippen LogP contribution in [0.2, 0.25) is 0 Å². The van der Waals surface area contributed by atoms with Crippen molar-refractivity contribution in [3.05, 3.63) is 22.4 Å². The van der Waals surface area contributed by atoms with Crippen molar-refractivity contribution in [2.24, 2.45) is 17.6 Å². The third kappa shape index (κ3) is 4.59. The van der Waals surface area contributed by atoms with Crippen molar-refractivity contribution in [3.8, 4) is 0 Å². The van der Waals surface area contributed by atoms with Crippen molar-refractivity contribution in [2.45, 2.75) is 45.1 Å². The topological polar surface area (TPSA) is 29.3 Å². The first kappa shape index (κ1) is 15.0. The van der Waals surface area contributed by atoms with E-state index in [1.54, 1.807) is 0 Å². The Balaban J connectivity index is 1.73. The fourth-order valence-corrected chi connectivity index (χ4v) is 3.94. The lowest BCUT2D eigenvalue weighted by Gasteiger charge is -2.33. The smallest absolute Gasteiger partial charge is 0.0112 e. The van der Waals surface area contributed by atoms with Gasteiger partial charge >= 0.3 is 0 Å². The van der Waals surface area contributed by atoms with Crippen molar-refractivity contribution in [1.82, 2.24) is 4.90 Å². The van der Waals surface area contributed by atoms with Gasteiger partial charge in [-0.05, 0) is 75.9 Å². The molecule has 1 aromatic rings. The van der Waals surface area contributed by atoms with Gasteiger partial charge in [-0.1, -0.05) is 6.07 Å². The fourth-order valence-electron chi connectivity index (χ4n) is 3.11. The molecule has 1 atom stereocenters. The lowest BCUT2D eigenvalue weighted by molar-refractivity contribution is 0.174. The molecule has 3 heteroatoms. The van der Waals surface area contributed by atoms with Gasteiger partial charge in [0.05, 0.1) is 0 Å². The van der Waals surface area contributed by atoms with E-state index < -0.39 is 0 Å². The number of thiophene rings is 1. The second-order valence-electron chi connectivity index (χ2n) is 6.19. The van der Waals surface area contributed by atoms with E-state index in [0.717, 1.165) is 18.4 Å². The van der Waals surface area contributed by atoms with Crippen LogP contribution in [0, 0.1) is 11.8 Å². The van der Waals surface area contributed by atoms with E-state index in [4.69, 9.17) is 5.73 Å². The molecule has 108 valence electrons. The van der Waals surface area contributed by atoms with Gasteiger partial charge in [-0.3, -0.25) is 0 Å². The molecule has 2 rings (SSSR count). The van der Waals surface area contributed by atoms with E-state index in [0.29, 0.717) is 6.04 Å². The molecule has 1 aliphatic rings.